The lowest BCUT2D eigenvalue weighted by Gasteiger charge is -2.30. The lowest BCUT2D eigenvalue weighted by molar-refractivity contribution is 0.516. The summed E-state index contributed by atoms with van der Waals surface area (Å²) in [4.78, 5) is 2.48. The zero-order chi connectivity index (χ0) is 13.2. The van der Waals surface area contributed by atoms with E-state index in [2.05, 4.69) is 52.9 Å². The normalized spacial score (nSPS) is 17.0. The predicted molar refractivity (Wildman–Crippen MR) is 82.2 cm³/mol. The topological polar surface area (TPSA) is 29.3 Å². The smallest absolute Gasteiger partial charge is 0.0510 e. The molecule has 1 aliphatic rings. The molecule has 1 aromatic rings. The molecule has 1 saturated heterocycles. The Morgan fingerprint density at radius 2 is 1.89 bits per heavy atom. The minimum absolute atomic E-state index is 0.147. The van der Waals surface area contributed by atoms with Crippen LogP contribution < -0.4 is 10.6 Å². The third-order valence-electron chi connectivity index (χ3n) is 3.37. The summed E-state index contributed by atoms with van der Waals surface area (Å²) >= 11 is 3.71. The molecule has 0 saturated carbocycles. The Bertz CT molecular complexity index is 403. The number of hydrogen-bond donors (Lipinski definition) is 1. The molecular formula is C15H23BrN2. The first-order valence-corrected chi connectivity index (χ1v) is 7.57. The fourth-order valence-corrected chi connectivity index (χ4v) is 3.25. The molecule has 100 valence electrons. The van der Waals surface area contributed by atoms with Gasteiger partial charge in [-0.05, 0) is 73.2 Å². The van der Waals surface area contributed by atoms with Crippen molar-refractivity contribution in [3.05, 3.63) is 28.2 Å². The van der Waals surface area contributed by atoms with Gasteiger partial charge in [-0.3, -0.25) is 0 Å². The second-order valence-electron chi connectivity index (χ2n) is 6.00. The Labute approximate surface area is 119 Å². The number of nitrogens with two attached hydrogens (primary N) is 1. The molecule has 1 fully saturated rings. The first-order chi connectivity index (χ1) is 8.46. The van der Waals surface area contributed by atoms with Gasteiger partial charge in [-0.15, -0.1) is 0 Å². The van der Waals surface area contributed by atoms with Gasteiger partial charge in [0.1, 0.15) is 0 Å². The lowest BCUT2D eigenvalue weighted by atomic mass is 9.96. The molecule has 0 aliphatic carbocycles. The average Bonchev–Trinajstić information content (AvgIpc) is 2.28. The van der Waals surface area contributed by atoms with Crippen LogP contribution in [0.5, 0.6) is 0 Å². The van der Waals surface area contributed by atoms with Crippen LogP contribution in [0.15, 0.2) is 22.7 Å². The minimum Gasteiger partial charge on any atom is -0.371 e. The van der Waals surface area contributed by atoms with Crippen molar-refractivity contribution in [3.8, 4) is 0 Å². The van der Waals surface area contributed by atoms with Crippen LogP contribution in [0.25, 0.3) is 0 Å². The summed E-state index contributed by atoms with van der Waals surface area (Å²) in [6, 6.07) is 6.67. The van der Waals surface area contributed by atoms with Gasteiger partial charge in [0.2, 0.25) is 0 Å². The Balaban J connectivity index is 2.14. The van der Waals surface area contributed by atoms with Gasteiger partial charge in [0.05, 0.1) is 5.69 Å². The third-order valence-corrected chi connectivity index (χ3v) is 4.00. The van der Waals surface area contributed by atoms with Gasteiger partial charge in [-0.1, -0.05) is 6.07 Å². The summed E-state index contributed by atoms with van der Waals surface area (Å²) in [5.74, 6) is 0. The Morgan fingerprint density at radius 1 is 1.22 bits per heavy atom. The Kier molecular flexibility index (Phi) is 4.33. The van der Waals surface area contributed by atoms with E-state index in [1.54, 1.807) is 0 Å². The minimum atomic E-state index is -0.147. The summed E-state index contributed by atoms with van der Waals surface area (Å²) in [5, 5.41) is 0. The van der Waals surface area contributed by atoms with Crippen LogP contribution >= 0.6 is 15.9 Å². The second-order valence-corrected chi connectivity index (χ2v) is 6.85. The third kappa shape index (κ3) is 3.72. The monoisotopic (exact) mass is 310 g/mol. The zero-order valence-electron chi connectivity index (χ0n) is 11.4. The van der Waals surface area contributed by atoms with Crippen LogP contribution in [0.1, 0.15) is 38.7 Å². The number of rotatable bonds is 3. The molecule has 3 heteroatoms. The molecule has 1 heterocycles. The first kappa shape index (κ1) is 13.9. The summed E-state index contributed by atoms with van der Waals surface area (Å²) in [7, 11) is 0. The molecule has 0 aromatic heterocycles. The number of anilines is 1. The molecule has 2 nitrogen and oxygen atoms in total. The fourth-order valence-electron chi connectivity index (χ4n) is 2.58. The lowest BCUT2D eigenvalue weighted by Crippen LogP contribution is -2.34. The van der Waals surface area contributed by atoms with Gasteiger partial charge in [0, 0.05) is 23.1 Å². The van der Waals surface area contributed by atoms with E-state index >= 15 is 0 Å². The quantitative estimate of drug-likeness (QED) is 0.922. The number of halogens is 1. The van der Waals surface area contributed by atoms with E-state index in [1.165, 1.54) is 48.1 Å². The van der Waals surface area contributed by atoms with E-state index in [4.69, 9.17) is 5.73 Å². The van der Waals surface area contributed by atoms with Gasteiger partial charge in [0.15, 0.2) is 0 Å². The van der Waals surface area contributed by atoms with Crippen molar-refractivity contribution in [3.63, 3.8) is 0 Å². The highest BCUT2D eigenvalue weighted by molar-refractivity contribution is 9.10. The summed E-state index contributed by atoms with van der Waals surface area (Å²) in [5.41, 5.74) is 8.55. The molecule has 2 N–H and O–H groups in total. The van der Waals surface area contributed by atoms with Gasteiger partial charge < -0.3 is 10.6 Å². The summed E-state index contributed by atoms with van der Waals surface area (Å²) in [6.07, 6.45) is 4.90. The number of hydrogen-bond acceptors (Lipinski definition) is 2. The maximum absolute atomic E-state index is 6.07. The van der Waals surface area contributed by atoms with E-state index in [0.29, 0.717) is 0 Å². The molecular weight excluding hydrogens is 288 g/mol. The van der Waals surface area contributed by atoms with E-state index in [9.17, 15) is 0 Å². The van der Waals surface area contributed by atoms with Gasteiger partial charge in [0.25, 0.3) is 0 Å². The van der Waals surface area contributed by atoms with Crippen molar-refractivity contribution < 1.29 is 0 Å². The Morgan fingerprint density at radius 3 is 2.44 bits per heavy atom. The van der Waals surface area contributed by atoms with Crippen LogP contribution in [-0.4, -0.2) is 18.6 Å². The maximum Gasteiger partial charge on any atom is 0.0510 e. The first-order valence-electron chi connectivity index (χ1n) is 6.78. The van der Waals surface area contributed by atoms with Crippen molar-refractivity contribution in [2.75, 3.05) is 18.0 Å². The predicted octanol–water partition coefficient (Wildman–Crippen LogP) is 3.72. The van der Waals surface area contributed by atoms with Gasteiger partial charge in [-0.2, -0.15) is 0 Å². The standard InChI is InChI=1S/C15H23BrN2/c1-15(2,17)11-12-6-7-14(13(16)10-12)18-8-4-3-5-9-18/h6-7,10H,3-5,8-9,11,17H2,1-2H3. The number of nitrogens with zero attached hydrogens (tertiary/aromatic N) is 1. The van der Waals surface area contributed by atoms with Crippen LogP contribution in [0.2, 0.25) is 0 Å². The molecule has 0 unspecified atom stereocenters. The summed E-state index contributed by atoms with van der Waals surface area (Å²) < 4.78 is 1.20. The van der Waals surface area contributed by atoms with E-state index < -0.39 is 0 Å². The highest BCUT2D eigenvalue weighted by atomic mass is 79.9. The van der Waals surface area contributed by atoms with Crippen molar-refractivity contribution in [2.45, 2.75) is 45.1 Å². The highest BCUT2D eigenvalue weighted by Gasteiger charge is 2.16. The molecule has 0 spiro atoms. The van der Waals surface area contributed by atoms with E-state index in [1.807, 2.05) is 0 Å². The SMILES string of the molecule is CC(C)(N)Cc1ccc(N2CCCCC2)c(Br)c1. The zero-order valence-corrected chi connectivity index (χ0v) is 13.0. The molecule has 0 amide bonds. The van der Waals surface area contributed by atoms with Crippen LogP contribution in [0.4, 0.5) is 5.69 Å². The second kappa shape index (κ2) is 5.62. The molecule has 1 aliphatic heterocycles. The van der Waals surface area contributed by atoms with Crippen LogP contribution in [0.3, 0.4) is 0 Å². The van der Waals surface area contributed by atoms with Gasteiger partial charge >= 0.3 is 0 Å². The van der Waals surface area contributed by atoms with E-state index in [-0.39, 0.29) is 5.54 Å². The van der Waals surface area contributed by atoms with Crippen LogP contribution in [-0.2, 0) is 6.42 Å². The number of benzene rings is 1. The van der Waals surface area contributed by atoms with Crippen molar-refractivity contribution in [2.24, 2.45) is 5.73 Å². The average molecular weight is 311 g/mol. The van der Waals surface area contributed by atoms with E-state index in [0.717, 1.165) is 6.42 Å². The van der Waals surface area contributed by atoms with Crippen molar-refractivity contribution in [1.82, 2.24) is 0 Å². The molecule has 0 radical (unpaired) electrons. The Hall–Kier alpha value is -0.540. The van der Waals surface area contributed by atoms with Gasteiger partial charge in [-0.25, -0.2) is 0 Å². The molecule has 18 heavy (non-hydrogen) atoms. The molecule has 0 atom stereocenters. The van der Waals surface area contributed by atoms with Crippen molar-refractivity contribution in [1.29, 1.82) is 0 Å². The largest absolute Gasteiger partial charge is 0.371 e. The van der Waals surface area contributed by atoms with Crippen molar-refractivity contribution >= 4 is 21.6 Å². The molecule has 1 aromatic carbocycles. The van der Waals surface area contributed by atoms with Crippen LogP contribution in [0, 0.1) is 0 Å². The highest BCUT2D eigenvalue weighted by Crippen LogP contribution is 2.30. The summed E-state index contributed by atoms with van der Waals surface area (Å²) in [6.45, 7) is 6.50. The molecule has 0 bridgehead atoms. The maximum atomic E-state index is 6.07. The fraction of sp³-hybridized carbons (Fsp3) is 0.600. The molecule has 2 rings (SSSR count). The number of piperidine rings is 1.